The molecule has 0 radical (unpaired) electrons. The smallest absolute Gasteiger partial charge is 0.277 e. The van der Waals surface area contributed by atoms with Crippen LogP contribution in [0.4, 0.5) is 0 Å². The van der Waals surface area contributed by atoms with Gasteiger partial charge in [0.15, 0.2) is 10.8 Å². The van der Waals surface area contributed by atoms with Crippen molar-refractivity contribution in [3.63, 3.8) is 0 Å². The molecule has 1 aromatic carbocycles. The second-order valence-corrected chi connectivity index (χ2v) is 6.89. The van der Waals surface area contributed by atoms with Crippen molar-refractivity contribution < 1.29 is 4.79 Å². The molecule has 0 unspecified atom stereocenters. The number of piperidine rings is 1. The van der Waals surface area contributed by atoms with Gasteiger partial charge in [-0.2, -0.15) is 0 Å². The van der Waals surface area contributed by atoms with Crippen LogP contribution in [0.2, 0.25) is 5.15 Å². The number of carbonyl (C=O) groups is 1. The van der Waals surface area contributed by atoms with E-state index < -0.39 is 0 Å². The lowest BCUT2D eigenvalue weighted by molar-refractivity contribution is 0.0617. The second-order valence-electron chi connectivity index (χ2n) is 6.53. The molecule has 3 rings (SSSR count). The Kier molecular flexibility index (Phi) is 4.66. The molecule has 1 aromatic heterocycles. The van der Waals surface area contributed by atoms with E-state index in [1.54, 1.807) is 4.68 Å². The molecule has 1 amide bonds. The van der Waals surface area contributed by atoms with Gasteiger partial charge in [0.2, 0.25) is 0 Å². The Hall–Kier alpha value is -1.88. The van der Waals surface area contributed by atoms with E-state index in [1.807, 2.05) is 35.2 Å². The van der Waals surface area contributed by atoms with Crippen LogP contribution < -0.4 is 0 Å². The lowest BCUT2D eigenvalue weighted by Crippen LogP contribution is -2.42. The van der Waals surface area contributed by atoms with E-state index >= 15 is 0 Å². The summed E-state index contributed by atoms with van der Waals surface area (Å²) < 4.78 is 1.57. The Labute approximate surface area is 141 Å². The fourth-order valence-corrected chi connectivity index (χ4v) is 3.48. The summed E-state index contributed by atoms with van der Waals surface area (Å²) in [7, 11) is 0. The summed E-state index contributed by atoms with van der Waals surface area (Å²) in [5.74, 6) is 0.884. The molecule has 0 spiro atoms. The van der Waals surface area contributed by atoms with Crippen molar-refractivity contribution >= 4 is 17.5 Å². The highest BCUT2D eigenvalue weighted by Gasteiger charge is 2.29. The Morgan fingerprint density at radius 3 is 2.52 bits per heavy atom. The Morgan fingerprint density at radius 2 is 1.87 bits per heavy atom. The average Bonchev–Trinajstić information content (AvgIpc) is 2.88. The highest BCUT2D eigenvalue weighted by Crippen LogP contribution is 2.24. The van der Waals surface area contributed by atoms with Crippen molar-refractivity contribution in [3.8, 4) is 0 Å². The minimum absolute atomic E-state index is 0.118. The summed E-state index contributed by atoms with van der Waals surface area (Å²) in [6.45, 7) is 6.36. The number of carbonyl (C=O) groups excluding carboxylic acids is 1. The van der Waals surface area contributed by atoms with E-state index in [0.29, 0.717) is 23.5 Å². The molecule has 0 saturated carbocycles. The molecule has 2 heterocycles. The zero-order valence-corrected chi connectivity index (χ0v) is 14.2. The van der Waals surface area contributed by atoms with Gasteiger partial charge in [0, 0.05) is 13.1 Å². The van der Waals surface area contributed by atoms with Crippen molar-refractivity contribution in [1.82, 2.24) is 19.9 Å². The second kappa shape index (κ2) is 6.71. The van der Waals surface area contributed by atoms with Gasteiger partial charge in [-0.25, -0.2) is 4.68 Å². The fraction of sp³-hybridized carbons (Fsp3) is 0.471. The number of hydrogen-bond donors (Lipinski definition) is 0. The summed E-state index contributed by atoms with van der Waals surface area (Å²) in [6, 6.07) is 9.87. The van der Waals surface area contributed by atoms with E-state index in [9.17, 15) is 4.79 Å². The van der Waals surface area contributed by atoms with E-state index in [2.05, 4.69) is 24.2 Å². The van der Waals surface area contributed by atoms with E-state index in [0.717, 1.165) is 25.1 Å². The zero-order valence-electron chi connectivity index (χ0n) is 13.4. The number of nitrogens with zero attached hydrogens (tertiary/aromatic N) is 4. The molecular formula is C17H21ClN4O. The molecule has 5 nitrogen and oxygen atoms in total. The topological polar surface area (TPSA) is 51.0 Å². The third kappa shape index (κ3) is 3.55. The third-order valence-corrected chi connectivity index (χ3v) is 4.58. The first-order valence-corrected chi connectivity index (χ1v) is 8.34. The maximum absolute atomic E-state index is 12.7. The summed E-state index contributed by atoms with van der Waals surface area (Å²) in [4.78, 5) is 14.6. The molecule has 6 heteroatoms. The molecule has 0 N–H and O–H groups in total. The maximum Gasteiger partial charge on any atom is 0.277 e. The molecule has 122 valence electrons. The Morgan fingerprint density at radius 1 is 1.22 bits per heavy atom. The highest BCUT2D eigenvalue weighted by molar-refractivity contribution is 6.32. The van der Waals surface area contributed by atoms with Gasteiger partial charge in [-0.05, 0) is 23.8 Å². The van der Waals surface area contributed by atoms with Crippen LogP contribution in [0.5, 0.6) is 0 Å². The van der Waals surface area contributed by atoms with Crippen LogP contribution in [0.25, 0.3) is 0 Å². The SMILES string of the molecule is C[C@H]1C[C@H](C)CN(C(=O)c2nnn(Cc3ccccc3)c2Cl)C1. The average molecular weight is 333 g/mol. The van der Waals surface area contributed by atoms with Gasteiger partial charge in [-0.3, -0.25) is 4.79 Å². The lowest BCUT2D eigenvalue weighted by atomic mass is 9.92. The van der Waals surface area contributed by atoms with Gasteiger partial charge in [0.05, 0.1) is 6.54 Å². The van der Waals surface area contributed by atoms with Crippen LogP contribution in [0, 0.1) is 11.8 Å². The predicted molar refractivity (Wildman–Crippen MR) is 89.4 cm³/mol. The van der Waals surface area contributed by atoms with Crippen LogP contribution >= 0.6 is 11.6 Å². The summed E-state index contributed by atoms with van der Waals surface area (Å²) >= 11 is 6.35. The highest BCUT2D eigenvalue weighted by atomic mass is 35.5. The van der Waals surface area contributed by atoms with Crippen LogP contribution in [0.1, 0.15) is 36.3 Å². The molecule has 2 atom stereocenters. The first kappa shape index (κ1) is 16.0. The van der Waals surface area contributed by atoms with Crippen LogP contribution in [0.3, 0.4) is 0 Å². The number of hydrogen-bond acceptors (Lipinski definition) is 3. The van der Waals surface area contributed by atoms with Crippen molar-refractivity contribution in [2.45, 2.75) is 26.8 Å². The number of amides is 1. The van der Waals surface area contributed by atoms with Gasteiger partial charge >= 0.3 is 0 Å². The molecule has 0 bridgehead atoms. The largest absolute Gasteiger partial charge is 0.337 e. The van der Waals surface area contributed by atoms with E-state index in [4.69, 9.17) is 11.6 Å². The molecule has 23 heavy (non-hydrogen) atoms. The molecule has 1 aliphatic rings. The standard InChI is InChI=1S/C17H21ClN4O/c1-12-8-13(2)10-21(9-12)17(23)15-16(18)22(20-19-15)11-14-6-4-3-5-7-14/h3-7,12-13H,8-11H2,1-2H3/t12-,13-/m0/s1. The van der Waals surface area contributed by atoms with E-state index in [-0.39, 0.29) is 11.6 Å². The molecular weight excluding hydrogens is 312 g/mol. The molecule has 1 aliphatic heterocycles. The molecule has 1 fully saturated rings. The molecule has 0 aliphatic carbocycles. The summed E-state index contributed by atoms with van der Waals surface area (Å²) in [6.07, 6.45) is 1.15. The van der Waals surface area contributed by atoms with Crippen molar-refractivity contribution in [2.75, 3.05) is 13.1 Å². The number of likely N-dealkylation sites (tertiary alicyclic amines) is 1. The number of rotatable bonds is 3. The monoisotopic (exact) mass is 332 g/mol. The number of aromatic nitrogens is 3. The van der Waals surface area contributed by atoms with E-state index in [1.165, 1.54) is 0 Å². The van der Waals surface area contributed by atoms with Gasteiger partial charge in [0.25, 0.3) is 5.91 Å². The Bertz CT molecular complexity index is 675. The molecule has 2 aromatic rings. The van der Waals surface area contributed by atoms with Gasteiger partial charge in [0.1, 0.15) is 0 Å². The van der Waals surface area contributed by atoms with Gasteiger partial charge < -0.3 is 4.90 Å². The summed E-state index contributed by atoms with van der Waals surface area (Å²) in [5, 5.41) is 8.39. The normalized spacial score (nSPS) is 21.4. The van der Waals surface area contributed by atoms with Crippen LogP contribution in [-0.2, 0) is 6.54 Å². The minimum Gasteiger partial charge on any atom is -0.337 e. The maximum atomic E-state index is 12.7. The molecule has 1 saturated heterocycles. The zero-order chi connectivity index (χ0) is 16.4. The van der Waals surface area contributed by atoms with Crippen molar-refractivity contribution in [2.24, 2.45) is 11.8 Å². The quantitative estimate of drug-likeness (QED) is 0.867. The predicted octanol–water partition coefficient (Wildman–Crippen LogP) is 3.10. The van der Waals surface area contributed by atoms with Crippen molar-refractivity contribution in [1.29, 1.82) is 0 Å². The lowest BCUT2D eigenvalue weighted by Gasteiger charge is -2.34. The number of halogens is 1. The Balaban J connectivity index is 1.77. The van der Waals surface area contributed by atoms with Gasteiger partial charge in [-0.1, -0.05) is 61.0 Å². The summed E-state index contributed by atoms with van der Waals surface area (Å²) in [5.41, 5.74) is 1.32. The van der Waals surface area contributed by atoms with Crippen LogP contribution in [-0.4, -0.2) is 38.9 Å². The first-order chi connectivity index (χ1) is 11.0. The van der Waals surface area contributed by atoms with Crippen LogP contribution in [0.15, 0.2) is 30.3 Å². The van der Waals surface area contributed by atoms with Crippen molar-refractivity contribution in [3.05, 3.63) is 46.7 Å². The fourth-order valence-electron chi connectivity index (χ4n) is 3.27. The van der Waals surface area contributed by atoms with Gasteiger partial charge in [-0.15, -0.1) is 5.10 Å². The first-order valence-electron chi connectivity index (χ1n) is 7.96. The minimum atomic E-state index is -0.118. The third-order valence-electron chi connectivity index (χ3n) is 4.21. The number of benzene rings is 1.